The highest BCUT2D eigenvalue weighted by atomic mass is 16.5. The summed E-state index contributed by atoms with van der Waals surface area (Å²) in [6, 6.07) is 16.3. The maximum atomic E-state index is 12.8. The number of nitrogen functional groups attached to an aromatic ring is 1. The minimum atomic E-state index is -0.708. The van der Waals surface area contributed by atoms with Crippen LogP contribution in [0.1, 0.15) is 32.0 Å². The summed E-state index contributed by atoms with van der Waals surface area (Å²) in [5, 5.41) is 12.1. The zero-order valence-electron chi connectivity index (χ0n) is 17.2. The molecular formula is C23H22N4O4. The van der Waals surface area contributed by atoms with Gasteiger partial charge in [-0.05, 0) is 31.2 Å². The molecule has 0 spiro atoms. The van der Waals surface area contributed by atoms with E-state index in [-0.39, 0.29) is 29.4 Å². The summed E-state index contributed by atoms with van der Waals surface area (Å²) in [6.07, 6.45) is 1.41. The topological polar surface area (TPSA) is 119 Å². The molecule has 0 unspecified atom stereocenters. The number of hydrogen-bond donors (Lipinski definition) is 2. The predicted molar refractivity (Wildman–Crippen MR) is 115 cm³/mol. The van der Waals surface area contributed by atoms with Gasteiger partial charge in [0.05, 0.1) is 36.2 Å². The van der Waals surface area contributed by atoms with Crippen molar-refractivity contribution in [2.75, 3.05) is 26.0 Å². The Hall–Kier alpha value is -4.25. The van der Waals surface area contributed by atoms with Crippen LogP contribution in [0.4, 0.5) is 5.69 Å². The number of aromatic nitrogens is 1. The Morgan fingerprint density at radius 2 is 1.87 bits per heavy atom. The molecule has 0 aliphatic heterocycles. The molecule has 31 heavy (non-hydrogen) atoms. The summed E-state index contributed by atoms with van der Waals surface area (Å²) >= 11 is 0. The van der Waals surface area contributed by atoms with E-state index in [1.54, 1.807) is 24.3 Å². The van der Waals surface area contributed by atoms with Crippen molar-refractivity contribution in [3.8, 4) is 17.5 Å². The lowest BCUT2D eigenvalue weighted by molar-refractivity contribution is 0.0592. The lowest BCUT2D eigenvalue weighted by Gasteiger charge is -2.14. The van der Waals surface area contributed by atoms with Crippen LogP contribution in [0.5, 0.6) is 5.75 Å². The Balaban J connectivity index is 1.79. The van der Waals surface area contributed by atoms with E-state index in [0.717, 1.165) is 11.3 Å². The van der Waals surface area contributed by atoms with Crippen LogP contribution in [0.3, 0.4) is 0 Å². The van der Waals surface area contributed by atoms with Crippen LogP contribution in [0.25, 0.3) is 5.69 Å². The highest BCUT2D eigenvalue weighted by Crippen LogP contribution is 2.26. The summed E-state index contributed by atoms with van der Waals surface area (Å²) < 4.78 is 11.8. The maximum absolute atomic E-state index is 12.8. The predicted octanol–water partition coefficient (Wildman–Crippen LogP) is 2.84. The minimum absolute atomic E-state index is 0.00365. The molecule has 0 aliphatic rings. The van der Waals surface area contributed by atoms with Crippen molar-refractivity contribution in [2.45, 2.75) is 6.92 Å². The number of benzene rings is 2. The van der Waals surface area contributed by atoms with Gasteiger partial charge in [0.15, 0.2) is 5.69 Å². The Kier molecular flexibility index (Phi) is 6.58. The van der Waals surface area contributed by atoms with Gasteiger partial charge in [-0.15, -0.1) is 0 Å². The highest BCUT2D eigenvalue weighted by Gasteiger charge is 2.24. The van der Waals surface area contributed by atoms with Gasteiger partial charge >= 0.3 is 5.97 Å². The molecule has 3 rings (SSSR count). The molecule has 8 nitrogen and oxygen atoms in total. The number of anilines is 1. The quantitative estimate of drug-likeness (QED) is 0.450. The third-order valence-corrected chi connectivity index (χ3v) is 4.63. The van der Waals surface area contributed by atoms with E-state index in [2.05, 4.69) is 5.32 Å². The van der Waals surface area contributed by atoms with Crippen molar-refractivity contribution in [3.63, 3.8) is 0 Å². The number of esters is 1. The van der Waals surface area contributed by atoms with Crippen molar-refractivity contribution in [2.24, 2.45) is 0 Å². The molecule has 3 aromatic rings. The van der Waals surface area contributed by atoms with E-state index in [4.69, 9.17) is 15.2 Å². The SMILES string of the molecule is COC(=O)c1c(N)c(C#N)cn1-c1ccccc1C(=O)NCCOc1ccc(C)cc1. The van der Waals surface area contributed by atoms with E-state index in [9.17, 15) is 14.9 Å². The van der Waals surface area contributed by atoms with Gasteiger partial charge in [-0.2, -0.15) is 5.26 Å². The molecule has 0 fully saturated rings. The van der Waals surface area contributed by atoms with Gasteiger partial charge in [0.1, 0.15) is 18.4 Å². The van der Waals surface area contributed by atoms with Crippen LogP contribution in [0, 0.1) is 18.3 Å². The first-order valence-corrected chi connectivity index (χ1v) is 9.52. The first kappa shape index (κ1) is 21.5. The Bertz CT molecular complexity index is 1140. The molecule has 0 atom stereocenters. The number of amides is 1. The second kappa shape index (κ2) is 9.50. The van der Waals surface area contributed by atoms with E-state index in [0.29, 0.717) is 17.9 Å². The van der Waals surface area contributed by atoms with Gasteiger partial charge in [0.2, 0.25) is 0 Å². The number of aryl methyl sites for hydroxylation is 1. The number of nitrogens with two attached hydrogens (primary N) is 1. The number of rotatable bonds is 7. The van der Waals surface area contributed by atoms with Crippen LogP contribution < -0.4 is 15.8 Å². The van der Waals surface area contributed by atoms with Crippen molar-refractivity contribution in [1.29, 1.82) is 5.26 Å². The van der Waals surface area contributed by atoms with Gasteiger partial charge < -0.3 is 25.1 Å². The molecule has 3 N–H and O–H groups in total. The normalized spacial score (nSPS) is 10.2. The summed E-state index contributed by atoms with van der Waals surface area (Å²) in [5.41, 5.74) is 7.89. The fourth-order valence-corrected chi connectivity index (χ4v) is 3.04. The first-order chi connectivity index (χ1) is 15.0. The van der Waals surface area contributed by atoms with Crippen molar-refractivity contribution in [1.82, 2.24) is 9.88 Å². The first-order valence-electron chi connectivity index (χ1n) is 9.52. The van der Waals surface area contributed by atoms with Crippen molar-refractivity contribution >= 4 is 17.6 Å². The summed E-state index contributed by atoms with van der Waals surface area (Å²) in [6.45, 7) is 2.56. The lowest BCUT2D eigenvalue weighted by Crippen LogP contribution is -2.29. The molecule has 0 radical (unpaired) electrons. The highest BCUT2D eigenvalue weighted by molar-refractivity contribution is 6.00. The smallest absolute Gasteiger partial charge is 0.357 e. The van der Waals surface area contributed by atoms with Crippen molar-refractivity contribution < 1.29 is 19.1 Å². The number of methoxy groups -OCH3 is 1. The number of carbonyl (C=O) groups excluding carboxylic acids is 2. The third kappa shape index (κ3) is 4.67. The molecule has 1 amide bonds. The average Bonchev–Trinajstić information content (AvgIpc) is 3.13. The number of nitrogens with one attached hydrogen (secondary N) is 1. The molecule has 1 heterocycles. The number of nitriles is 1. The molecule has 0 saturated carbocycles. The fraction of sp³-hybridized carbons (Fsp3) is 0.174. The van der Waals surface area contributed by atoms with Gasteiger partial charge in [0, 0.05) is 6.20 Å². The summed E-state index contributed by atoms with van der Waals surface area (Å²) in [7, 11) is 1.22. The number of hydrogen-bond acceptors (Lipinski definition) is 6. The second-order valence-electron chi connectivity index (χ2n) is 6.71. The molecule has 0 aliphatic carbocycles. The molecule has 2 aromatic carbocycles. The Morgan fingerprint density at radius 1 is 1.16 bits per heavy atom. The number of carbonyl (C=O) groups is 2. The van der Waals surface area contributed by atoms with E-state index in [1.807, 2.05) is 37.3 Å². The van der Waals surface area contributed by atoms with Gasteiger partial charge in [-0.1, -0.05) is 29.8 Å². The van der Waals surface area contributed by atoms with Crippen LogP contribution >= 0.6 is 0 Å². The number of para-hydroxylation sites is 1. The number of ether oxygens (including phenoxy) is 2. The van der Waals surface area contributed by atoms with Crippen LogP contribution in [0.2, 0.25) is 0 Å². The van der Waals surface area contributed by atoms with Gasteiger partial charge in [-0.3, -0.25) is 4.79 Å². The second-order valence-corrected chi connectivity index (χ2v) is 6.71. The van der Waals surface area contributed by atoms with Gasteiger partial charge in [-0.25, -0.2) is 4.79 Å². The van der Waals surface area contributed by atoms with Crippen LogP contribution in [0.15, 0.2) is 54.7 Å². The standard InChI is InChI=1S/C23H22N4O4/c1-15-7-9-17(10-8-15)31-12-11-26-22(28)18-5-3-4-6-19(18)27-14-16(13-24)20(25)21(27)23(29)30-2/h3-10,14H,11-12,25H2,1-2H3,(H,26,28). The van der Waals surface area contributed by atoms with E-state index in [1.165, 1.54) is 17.9 Å². The molecule has 0 saturated heterocycles. The third-order valence-electron chi connectivity index (χ3n) is 4.63. The molecule has 8 heteroatoms. The Labute approximate surface area is 179 Å². The van der Waals surface area contributed by atoms with Crippen LogP contribution in [-0.2, 0) is 4.74 Å². The van der Waals surface area contributed by atoms with E-state index < -0.39 is 5.97 Å². The molecule has 0 bridgehead atoms. The average molecular weight is 418 g/mol. The van der Waals surface area contributed by atoms with E-state index >= 15 is 0 Å². The van der Waals surface area contributed by atoms with Crippen molar-refractivity contribution in [3.05, 3.63) is 77.1 Å². The lowest BCUT2D eigenvalue weighted by atomic mass is 10.1. The maximum Gasteiger partial charge on any atom is 0.357 e. The summed E-state index contributed by atoms with van der Waals surface area (Å²) in [5.74, 6) is -0.347. The number of nitrogens with zero attached hydrogens (tertiary/aromatic N) is 2. The summed E-state index contributed by atoms with van der Waals surface area (Å²) in [4.78, 5) is 25.1. The molecule has 158 valence electrons. The zero-order valence-corrected chi connectivity index (χ0v) is 17.2. The molecule has 1 aromatic heterocycles. The molecular weight excluding hydrogens is 396 g/mol. The fourth-order valence-electron chi connectivity index (χ4n) is 3.04. The van der Waals surface area contributed by atoms with Gasteiger partial charge in [0.25, 0.3) is 5.91 Å². The largest absolute Gasteiger partial charge is 0.492 e. The monoisotopic (exact) mass is 418 g/mol. The zero-order chi connectivity index (χ0) is 22.4. The van der Waals surface area contributed by atoms with Crippen LogP contribution in [-0.4, -0.2) is 36.7 Å². The Morgan fingerprint density at radius 3 is 2.55 bits per heavy atom. The minimum Gasteiger partial charge on any atom is -0.492 e.